The van der Waals surface area contributed by atoms with Gasteiger partial charge < -0.3 is 10.6 Å². The van der Waals surface area contributed by atoms with Crippen LogP contribution in [-0.4, -0.2) is 19.6 Å². The minimum absolute atomic E-state index is 0.0118. The first-order chi connectivity index (χ1) is 8.98. The van der Waals surface area contributed by atoms with Crippen LogP contribution in [0, 0.1) is 5.92 Å². The Labute approximate surface area is 115 Å². The molecule has 0 amide bonds. The molecule has 19 heavy (non-hydrogen) atoms. The maximum Gasteiger partial charge on any atom is 0.418 e. The Morgan fingerprint density at radius 1 is 1.37 bits per heavy atom. The number of para-hydroxylation sites is 1. The molecule has 0 aliphatic carbocycles. The summed E-state index contributed by atoms with van der Waals surface area (Å²) in [5, 5.41) is 6.21. The number of hydrogen-bond donors (Lipinski definition) is 2. The molecule has 2 nitrogen and oxygen atoms in total. The number of rotatable bonds is 3. The van der Waals surface area contributed by atoms with Crippen LogP contribution in [0.3, 0.4) is 0 Å². The van der Waals surface area contributed by atoms with Gasteiger partial charge in [0, 0.05) is 6.54 Å². The predicted molar refractivity (Wildman–Crippen MR) is 70.5 cm³/mol. The third-order valence-electron chi connectivity index (χ3n) is 3.29. The van der Waals surface area contributed by atoms with Crippen LogP contribution in [0.1, 0.15) is 18.4 Å². The van der Waals surface area contributed by atoms with E-state index in [0.29, 0.717) is 12.5 Å². The molecule has 1 heterocycles. The highest BCUT2D eigenvalue weighted by molar-refractivity contribution is 6.33. The van der Waals surface area contributed by atoms with Gasteiger partial charge >= 0.3 is 6.18 Å². The average molecular weight is 293 g/mol. The van der Waals surface area contributed by atoms with E-state index in [1.54, 1.807) is 0 Å². The van der Waals surface area contributed by atoms with Crippen molar-refractivity contribution in [3.05, 3.63) is 28.8 Å². The second-order valence-corrected chi connectivity index (χ2v) is 5.16. The van der Waals surface area contributed by atoms with Crippen LogP contribution in [0.2, 0.25) is 5.02 Å². The smallest absolute Gasteiger partial charge is 0.383 e. The zero-order valence-corrected chi connectivity index (χ0v) is 11.1. The largest absolute Gasteiger partial charge is 0.418 e. The Balaban J connectivity index is 2.10. The first-order valence-corrected chi connectivity index (χ1v) is 6.66. The van der Waals surface area contributed by atoms with Crippen LogP contribution >= 0.6 is 11.6 Å². The third kappa shape index (κ3) is 3.76. The zero-order valence-electron chi connectivity index (χ0n) is 10.4. The number of nitrogens with one attached hydrogen (secondary N) is 2. The Morgan fingerprint density at radius 2 is 2.16 bits per heavy atom. The Kier molecular flexibility index (Phi) is 4.58. The van der Waals surface area contributed by atoms with Gasteiger partial charge in [0.1, 0.15) is 0 Å². The van der Waals surface area contributed by atoms with Crippen LogP contribution < -0.4 is 10.6 Å². The van der Waals surface area contributed by atoms with Crippen molar-refractivity contribution >= 4 is 17.3 Å². The third-order valence-corrected chi connectivity index (χ3v) is 3.60. The fourth-order valence-electron chi connectivity index (χ4n) is 2.28. The molecule has 1 fully saturated rings. The number of halogens is 4. The molecular formula is C13H16ClF3N2. The van der Waals surface area contributed by atoms with Crippen molar-refractivity contribution in [1.82, 2.24) is 5.32 Å². The molecule has 1 aromatic carbocycles. The molecule has 6 heteroatoms. The Morgan fingerprint density at radius 3 is 2.79 bits per heavy atom. The normalized spacial score (nSPS) is 20.3. The van der Waals surface area contributed by atoms with Crippen molar-refractivity contribution < 1.29 is 13.2 Å². The van der Waals surface area contributed by atoms with Gasteiger partial charge in [-0.1, -0.05) is 17.7 Å². The first kappa shape index (κ1) is 14.5. The molecule has 1 aliphatic heterocycles. The fourth-order valence-corrected chi connectivity index (χ4v) is 2.53. The predicted octanol–water partition coefficient (Wildman–Crippen LogP) is 3.77. The first-order valence-electron chi connectivity index (χ1n) is 6.29. The maximum absolute atomic E-state index is 12.9. The summed E-state index contributed by atoms with van der Waals surface area (Å²) in [6.07, 6.45) is -2.31. The molecule has 0 aromatic heterocycles. The van der Waals surface area contributed by atoms with Gasteiger partial charge in [0.05, 0.1) is 16.3 Å². The summed E-state index contributed by atoms with van der Waals surface area (Å²) in [4.78, 5) is 0. The van der Waals surface area contributed by atoms with Gasteiger partial charge in [0.2, 0.25) is 0 Å². The minimum Gasteiger partial charge on any atom is -0.383 e. The Bertz CT molecular complexity index is 428. The van der Waals surface area contributed by atoms with Gasteiger partial charge in [-0.15, -0.1) is 0 Å². The highest BCUT2D eigenvalue weighted by Crippen LogP contribution is 2.38. The number of piperidine rings is 1. The molecule has 0 spiro atoms. The van der Waals surface area contributed by atoms with Crippen LogP contribution in [0.4, 0.5) is 18.9 Å². The lowest BCUT2D eigenvalue weighted by molar-refractivity contribution is -0.136. The SMILES string of the molecule is FC(F)(F)c1cccc(Cl)c1NCC1CCCNC1. The van der Waals surface area contributed by atoms with Crippen molar-refractivity contribution in [2.24, 2.45) is 5.92 Å². The second kappa shape index (κ2) is 6.01. The fraction of sp³-hybridized carbons (Fsp3) is 0.538. The van der Waals surface area contributed by atoms with E-state index in [0.717, 1.165) is 32.0 Å². The summed E-state index contributed by atoms with van der Waals surface area (Å²) in [6.45, 7) is 2.31. The molecule has 1 aromatic rings. The van der Waals surface area contributed by atoms with Gasteiger partial charge in [-0.05, 0) is 44.0 Å². The standard InChI is InChI=1S/C13H16ClF3N2/c14-11-5-1-4-10(13(15,16)17)12(11)19-8-9-3-2-6-18-7-9/h1,4-5,9,18-19H,2-3,6-8H2. The van der Waals surface area contributed by atoms with E-state index in [-0.39, 0.29) is 10.7 Å². The molecule has 106 valence electrons. The van der Waals surface area contributed by atoms with Crippen molar-refractivity contribution in [3.63, 3.8) is 0 Å². The van der Waals surface area contributed by atoms with E-state index in [4.69, 9.17) is 11.6 Å². The van der Waals surface area contributed by atoms with Gasteiger partial charge in [-0.2, -0.15) is 13.2 Å². The quantitative estimate of drug-likeness (QED) is 0.886. The maximum atomic E-state index is 12.9. The summed E-state index contributed by atoms with van der Waals surface area (Å²) in [7, 11) is 0. The molecule has 0 bridgehead atoms. The molecule has 2 N–H and O–H groups in total. The summed E-state index contributed by atoms with van der Waals surface area (Å²) in [5.74, 6) is 0.339. The lowest BCUT2D eigenvalue weighted by Crippen LogP contribution is -2.33. The molecule has 1 unspecified atom stereocenters. The van der Waals surface area contributed by atoms with Gasteiger partial charge in [-0.25, -0.2) is 0 Å². The zero-order chi connectivity index (χ0) is 13.9. The van der Waals surface area contributed by atoms with Gasteiger partial charge in [0.15, 0.2) is 0 Å². The van der Waals surface area contributed by atoms with E-state index in [9.17, 15) is 13.2 Å². The van der Waals surface area contributed by atoms with Crippen LogP contribution in [-0.2, 0) is 6.18 Å². The summed E-state index contributed by atoms with van der Waals surface area (Å²) >= 11 is 5.88. The van der Waals surface area contributed by atoms with Crippen LogP contribution in [0.15, 0.2) is 18.2 Å². The van der Waals surface area contributed by atoms with Crippen molar-refractivity contribution in [2.45, 2.75) is 19.0 Å². The highest BCUT2D eigenvalue weighted by atomic mass is 35.5. The van der Waals surface area contributed by atoms with Gasteiger partial charge in [0.25, 0.3) is 0 Å². The topological polar surface area (TPSA) is 24.1 Å². The summed E-state index contributed by atoms with van der Waals surface area (Å²) < 4.78 is 38.6. The van der Waals surface area contributed by atoms with Crippen molar-refractivity contribution in [3.8, 4) is 0 Å². The number of anilines is 1. The highest BCUT2D eigenvalue weighted by Gasteiger charge is 2.34. The van der Waals surface area contributed by atoms with E-state index in [2.05, 4.69) is 10.6 Å². The van der Waals surface area contributed by atoms with Crippen molar-refractivity contribution in [1.29, 1.82) is 0 Å². The Hall–Kier alpha value is -0.940. The monoisotopic (exact) mass is 292 g/mol. The molecule has 1 saturated heterocycles. The van der Waals surface area contributed by atoms with Gasteiger partial charge in [-0.3, -0.25) is 0 Å². The number of alkyl halides is 3. The molecular weight excluding hydrogens is 277 g/mol. The molecule has 0 radical (unpaired) electrons. The molecule has 1 atom stereocenters. The average Bonchev–Trinajstić information content (AvgIpc) is 2.37. The lowest BCUT2D eigenvalue weighted by Gasteiger charge is -2.24. The number of benzene rings is 1. The minimum atomic E-state index is -4.39. The molecule has 0 saturated carbocycles. The molecule has 1 aliphatic rings. The summed E-state index contributed by atoms with van der Waals surface area (Å²) in [6, 6.07) is 3.84. The van der Waals surface area contributed by atoms with E-state index < -0.39 is 11.7 Å². The summed E-state index contributed by atoms with van der Waals surface area (Å²) in [5.41, 5.74) is -0.717. The number of hydrogen-bond acceptors (Lipinski definition) is 2. The van der Waals surface area contributed by atoms with E-state index in [1.807, 2.05) is 0 Å². The van der Waals surface area contributed by atoms with Crippen LogP contribution in [0.5, 0.6) is 0 Å². The lowest BCUT2D eigenvalue weighted by atomic mass is 9.99. The van der Waals surface area contributed by atoms with E-state index in [1.165, 1.54) is 12.1 Å². The van der Waals surface area contributed by atoms with Crippen molar-refractivity contribution in [2.75, 3.05) is 25.0 Å². The van der Waals surface area contributed by atoms with Crippen LogP contribution in [0.25, 0.3) is 0 Å². The second-order valence-electron chi connectivity index (χ2n) is 4.75. The molecule has 2 rings (SSSR count). The van der Waals surface area contributed by atoms with E-state index >= 15 is 0 Å².